The van der Waals surface area contributed by atoms with E-state index in [4.69, 9.17) is 4.42 Å². The molecule has 2 saturated heterocycles. The van der Waals surface area contributed by atoms with Gasteiger partial charge in [-0.15, -0.1) is 0 Å². The number of benzene rings is 1. The minimum absolute atomic E-state index is 0.0366. The van der Waals surface area contributed by atoms with Crippen molar-refractivity contribution < 1.29 is 18.7 Å². The van der Waals surface area contributed by atoms with Crippen molar-refractivity contribution >= 4 is 5.91 Å². The van der Waals surface area contributed by atoms with Gasteiger partial charge in [0.25, 0.3) is 0 Å². The van der Waals surface area contributed by atoms with Gasteiger partial charge >= 0.3 is 0 Å². The molecular weight excluding hydrogens is 335 g/mol. The van der Waals surface area contributed by atoms with Gasteiger partial charge in [0.05, 0.1) is 25.0 Å². The Hall–Kier alpha value is -2.18. The van der Waals surface area contributed by atoms with Gasteiger partial charge in [-0.1, -0.05) is 12.1 Å². The number of nitrogens with zero attached hydrogens (tertiary/aromatic N) is 1. The molecular formula is C20H23FN2O3. The van der Waals surface area contributed by atoms with Gasteiger partial charge in [0.1, 0.15) is 11.6 Å². The number of halogens is 1. The SMILES string of the molecule is O=C(CN1[C@H]2CC[C@H]1CC(O)(c1ccc(F)cc1)C2)NCc1ccco1. The second-order valence-electron chi connectivity index (χ2n) is 7.36. The number of fused-ring (bicyclic) bond motifs is 2. The molecule has 1 aromatic carbocycles. The predicted molar refractivity (Wildman–Crippen MR) is 93.6 cm³/mol. The molecule has 6 heteroatoms. The molecule has 3 heterocycles. The van der Waals surface area contributed by atoms with E-state index in [-0.39, 0.29) is 23.8 Å². The minimum atomic E-state index is -0.944. The molecule has 1 amide bonds. The summed E-state index contributed by atoms with van der Waals surface area (Å²) < 4.78 is 18.4. The Kier molecular flexibility index (Phi) is 4.54. The normalized spacial score (nSPS) is 28.2. The van der Waals surface area contributed by atoms with Crippen LogP contribution in [-0.4, -0.2) is 34.5 Å². The van der Waals surface area contributed by atoms with Crippen molar-refractivity contribution in [2.24, 2.45) is 0 Å². The molecule has 2 fully saturated rings. The summed E-state index contributed by atoms with van der Waals surface area (Å²) in [5.74, 6) is 0.391. The Morgan fingerprint density at radius 2 is 1.92 bits per heavy atom. The number of piperidine rings is 1. The Morgan fingerprint density at radius 3 is 2.54 bits per heavy atom. The summed E-state index contributed by atoms with van der Waals surface area (Å²) in [5.41, 5.74) is -0.182. The topological polar surface area (TPSA) is 65.7 Å². The summed E-state index contributed by atoms with van der Waals surface area (Å²) in [7, 11) is 0. The Morgan fingerprint density at radius 1 is 1.23 bits per heavy atom. The lowest BCUT2D eigenvalue weighted by atomic mass is 9.80. The highest BCUT2D eigenvalue weighted by atomic mass is 19.1. The first-order valence-electron chi connectivity index (χ1n) is 9.07. The molecule has 0 saturated carbocycles. The van der Waals surface area contributed by atoms with Crippen molar-refractivity contribution in [1.29, 1.82) is 0 Å². The van der Waals surface area contributed by atoms with Crippen molar-refractivity contribution in [1.82, 2.24) is 10.2 Å². The number of hydrogen-bond acceptors (Lipinski definition) is 4. The van der Waals surface area contributed by atoms with E-state index < -0.39 is 5.60 Å². The lowest BCUT2D eigenvalue weighted by molar-refractivity contribution is -0.126. The van der Waals surface area contributed by atoms with Gasteiger partial charge in [0.2, 0.25) is 5.91 Å². The predicted octanol–water partition coefficient (Wildman–Crippen LogP) is 2.55. The number of aliphatic hydroxyl groups is 1. The average Bonchev–Trinajstić information content (AvgIpc) is 3.21. The maximum Gasteiger partial charge on any atom is 0.234 e. The zero-order chi connectivity index (χ0) is 18.1. The van der Waals surface area contributed by atoms with Gasteiger partial charge in [-0.05, 0) is 55.5 Å². The fourth-order valence-electron chi connectivity index (χ4n) is 4.39. The van der Waals surface area contributed by atoms with Crippen LogP contribution < -0.4 is 5.32 Å². The molecule has 0 aliphatic carbocycles. The number of carbonyl (C=O) groups is 1. The largest absolute Gasteiger partial charge is 0.467 e. The van der Waals surface area contributed by atoms with Crippen LogP contribution in [0.5, 0.6) is 0 Å². The first-order chi connectivity index (χ1) is 12.5. The zero-order valence-corrected chi connectivity index (χ0v) is 14.5. The smallest absolute Gasteiger partial charge is 0.234 e. The molecule has 1 aromatic heterocycles. The van der Waals surface area contributed by atoms with Crippen LogP contribution in [0.4, 0.5) is 4.39 Å². The molecule has 0 spiro atoms. The molecule has 2 bridgehead atoms. The van der Waals surface area contributed by atoms with Gasteiger partial charge in [-0.3, -0.25) is 9.69 Å². The summed E-state index contributed by atoms with van der Waals surface area (Å²) in [6.45, 7) is 0.712. The summed E-state index contributed by atoms with van der Waals surface area (Å²) >= 11 is 0. The van der Waals surface area contributed by atoms with E-state index in [1.165, 1.54) is 12.1 Å². The Balaban J connectivity index is 1.39. The van der Waals surface area contributed by atoms with Crippen molar-refractivity contribution in [3.05, 3.63) is 59.8 Å². The summed E-state index contributed by atoms with van der Waals surface area (Å²) in [6.07, 6.45) is 4.67. The molecule has 0 unspecified atom stereocenters. The third kappa shape index (κ3) is 3.39. The van der Waals surface area contributed by atoms with Crippen LogP contribution in [0.25, 0.3) is 0 Å². The number of rotatable bonds is 5. The molecule has 138 valence electrons. The number of hydrogen-bond donors (Lipinski definition) is 2. The van der Waals surface area contributed by atoms with E-state index in [0.29, 0.717) is 25.9 Å². The molecule has 4 rings (SSSR count). The second-order valence-corrected chi connectivity index (χ2v) is 7.36. The van der Waals surface area contributed by atoms with E-state index in [0.717, 1.165) is 24.2 Å². The van der Waals surface area contributed by atoms with Crippen LogP contribution in [0.15, 0.2) is 47.1 Å². The molecule has 2 aliphatic rings. The summed E-state index contributed by atoms with van der Waals surface area (Å²) in [6, 6.07) is 10.1. The van der Waals surface area contributed by atoms with Gasteiger partial charge in [-0.25, -0.2) is 4.39 Å². The highest BCUT2D eigenvalue weighted by Gasteiger charge is 2.48. The van der Waals surface area contributed by atoms with E-state index in [1.54, 1.807) is 24.5 Å². The summed E-state index contributed by atoms with van der Waals surface area (Å²) in [4.78, 5) is 14.5. The first-order valence-corrected chi connectivity index (χ1v) is 9.07. The second kappa shape index (κ2) is 6.85. The third-order valence-corrected chi connectivity index (χ3v) is 5.67. The number of carbonyl (C=O) groups excluding carboxylic acids is 1. The average molecular weight is 358 g/mol. The quantitative estimate of drug-likeness (QED) is 0.862. The zero-order valence-electron chi connectivity index (χ0n) is 14.5. The highest BCUT2D eigenvalue weighted by molar-refractivity contribution is 5.78. The lowest BCUT2D eigenvalue weighted by Gasteiger charge is -2.43. The molecule has 2 N–H and O–H groups in total. The van der Waals surface area contributed by atoms with E-state index >= 15 is 0 Å². The van der Waals surface area contributed by atoms with Crippen LogP contribution in [0.2, 0.25) is 0 Å². The fourth-order valence-corrected chi connectivity index (χ4v) is 4.39. The molecule has 2 aliphatic heterocycles. The van der Waals surface area contributed by atoms with E-state index in [2.05, 4.69) is 10.2 Å². The standard InChI is InChI=1S/C20H23FN2O3/c21-15-5-3-14(4-6-15)20(25)10-16-7-8-17(11-20)23(16)13-19(24)22-12-18-2-1-9-26-18/h1-6,9,16-17,25H,7-8,10-13H2,(H,22,24)/t16-,17-/m0/s1. The van der Waals surface area contributed by atoms with E-state index in [9.17, 15) is 14.3 Å². The van der Waals surface area contributed by atoms with Crippen LogP contribution >= 0.6 is 0 Å². The molecule has 2 atom stereocenters. The monoisotopic (exact) mass is 358 g/mol. The van der Waals surface area contributed by atoms with Crippen molar-refractivity contribution in [3.63, 3.8) is 0 Å². The Bertz CT molecular complexity index is 746. The van der Waals surface area contributed by atoms with Gasteiger partial charge in [0, 0.05) is 12.1 Å². The van der Waals surface area contributed by atoms with Crippen molar-refractivity contribution in [2.75, 3.05) is 6.54 Å². The van der Waals surface area contributed by atoms with Crippen LogP contribution in [0.3, 0.4) is 0 Å². The fraction of sp³-hybridized carbons (Fsp3) is 0.450. The van der Waals surface area contributed by atoms with Crippen LogP contribution in [-0.2, 0) is 16.9 Å². The van der Waals surface area contributed by atoms with Gasteiger partial charge in [0.15, 0.2) is 0 Å². The first kappa shape index (κ1) is 17.2. The highest BCUT2D eigenvalue weighted by Crippen LogP contribution is 2.45. The van der Waals surface area contributed by atoms with Gasteiger partial charge in [-0.2, -0.15) is 0 Å². The number of furan rings is 1. The number of nitrogens with one attached hydrogen (secondary N) is 1. The van der Waals surface area contributed by atoms with E-state index in [1.807, 2.05) is 6.07 Å². The molecule has 26 heavy (non-hydrogen) atoms. The summed E-state index contributed by atoms with van der Waals surface area (Å²) in [5, 5.41) is 14.0. The van der Waals surface area contributed by atoms with Crippen molar-refractivity contribution in [3.8, 4) is 0 Å². The maximum absolute atomic E-state index is 13.2. The number of amides is 1. The van der Waals surface area contributed by atoms with Crippen molar-refractivity contribution in [2.45, 2.75) is 49.9 Å². The third-order valence-electron chi connectivity index (χ3n) is 5.67. The molecule has 5 nitrogen and oxygen atoms in total. The lowest BCUT2D eigenvalue weighted by Crippen LogP contribution is -2.52. The molecule has 0 radical (unpaired) electrons. The minimum Gasteiger partial charge on any atom is -0.467 e. The van der Waals surface area contributed by atoms with Gasteiger partial charge < -0.3 is 14.8 Å². The van der Waals surface area contributed by atoms with Crippen LogP contribution in [0, 0.1) is 5.82 Å². The maximum atomic E-state index is 13.2. The Labute approximate surface area is 151 Å². The molecule has 2 aromatic rings. The van der Waals surface area contributed by atoms with Crippen LogP contribution in [0.1, 0.15) is 37.0 Å².